The number of unbranched alkanes of at least 4 members (excludes halogenated alkanes) is 1. The number of aromatic nitrogens is 2. The zero-order chi connectivity index (χ0) is 14.7. The third-order valence-corrected chi connectivity index (χ3v) is 4.24. The summed E-state index contributed by atoms with van der Waals surface area (Å²) >= 11 is 1.23. The lowest BCUT2D eigenvalue weighted by Gasteiger charge is -1.99. The lowest BCUT2D eigenvalue weighted by molar-refractivity contribution is 0.0531. The summed E-state index contributed by atoms with van der Waals surface area (Å²) in [7, 11) is 0. The smallest absolute Gasteiger partial charge is 0.348 e. The lowest BCUT2D eigenvalue weighted by atomic mass is 10.2. The topological polar surface area (TPSA) is 72.0 Å². The van der Waals surface area contributed by atoms with Crippen molar-refractivity contribution in [2.24, 2.45) is 0 Å². The van der Waals surface area contributed by atoms with Gasteiger partial charge in [0.2, 0.25) is 0 Å². The van der Waals surface area contributed by atoms with Gasteiger partial charge in [0, 0.05) is 6.42 Å². The molecule has 2 aromatic heterocycles. The van der Waals surface area contributed by atoms with Crippen molar-refractivity contribution in [1.82, 2.24) is 9.97 Å². The molecule has 0 aliphatic heterocycles. The second kappa shape index (κ2) is 6.17. The van der Waals surface area contributed by atoms with E-state index in [9.17, 15) is 9.59 Å². The Hall–Kier alpha value is -1.69. The SMILES string of the molecule is CCCCc1nc2sc(C(=O)OCC)c(C)c2c(=O)[nH]1. The quantitative estimate of drug-likeness (QED) is 0.861. The van der Waals surface area contributed by atoms with Crippen LogP contribution in [0.15, 0.2) is 4.79 Å². The maximum absolute atomic E-state index is 12.1. The number of thiophene rings is 1. The van der Waals surface area contributed by atoms with E-state index in [2.05, 4.69) is 16.9 Å². The molecule has 108 valence electrons. The van der Waals surface area contributed by atoms with Gasteiger partial charge in [-0.25, -0.2) is 9.78 Å². The molecule has 0 atom stereocenters. The fraction of sp³-hybridized carbons (Fsp3) is 0.500. The highest BCUT2D eigenvalue weighted by Gasteiger charge is 2.19. The highest BCUT2D eigenvalue weighted by Crippen LogP contribution is 2.27. The summed E-state index contributed by atoms with van der Waals surface area (Å²) in [6.07, 6.45) is 2.76. The average molecular weight is 294 g/mol. The Labute approximate surface area is 121 Å². The van der Waals surface area contributed by atoms with Crippen molar-refractivity contribution in [3.63, 3.8) is 0 Å². The molecule has 0 unspecified atom stereocenters. The van der Waals surface area contributed by atoms with Gasteiger partial charge in [0.15, 0.2) is 0 Å². The molecule has 6 heteroatoms. The van der Waals surface area contributed by atoms with Gasteiger partial charge in [-0.1, -0.05) is 13.3 Å². The van der Waals surface area contributed by atoms with Gasteiger partial charge in [-0.2, -0.15) is 0 Å². The fourth-order valence-corrected chi connectivity index (χ4v) is 3.14. The molecule has 0 aliphatic rings. The molecular weight excluding hydrogens is 276 g/mol. The first-order valence-corrected chi connectivity index (χ1v) is 7.59. The summed E-state index contributed by atoms with van der Waals surface area (Å²) in [4.78, 5) is 32.3. The van der Waals surface area contributed by atoms with Crippen molar-refractivity contribution in [3.8, 4) is 0 Å². The predicted molar refractivity (Wildman–Crippen MR) is 79.5 cm³/mol. The van der Waals surface area contributed by atoms with E-state index < -0.39 is 0 Å². The number of hydrogen-bond donors (Lipinski definition) is 1. The van der Waals surface area contributed by atoms with Crippen molar-refractivity contribution in [1.29, 1.82) is 0 Å². The standard InChI is InChI=1S/C14H18N2O3S/c1-4-6-7-9-15-12(17)10-8(3)11(14(18)19-5-2)20-13(10)16-9/h4-7H2,1-3H3,(H,15,16,17). The number of nitrogens with zero attached hydrogens (tertiary/aromatic N) is 1. The highest BCUT2D eigenvalue weighted by atomic mass is 32.1. The molecule has 0 saturated carbocycles. The van der Waals surface area contributed by atoms with Crippen molar-refractivity contribution in [2.75, 3.05) is 6.61 Å². The minimum absolute atomic E-state index is 0.176. The summed E-state index contributed by atoms with van der Waals surface area (Å²) in [5.74, 6) is 0.295. The molecule has 0 fully saturated rings. The van der Waals surface area contributed by atoms with Gasteiger partial charge in [0.1, 0.15) is 15.5 Å². The van der Waals surface area contributed by atoms with Crippen LogP contribution in [-0.4, -0.2) is 22.5 Å². The number of nitrogens with one attached hydrogen (secondary N) is 1. The highest BCUT2D eigenvalue weighted by molar-refractivity contribution is 7.20. The molecule has 0 aliphatic carbocycles. The number of fused-ring (bicyclic) bond motifs is 1. The molecule has 5 nitrogen and oxygen atoms in total. The van der Waals surface area contributed by atoms with Crippen molar-refractivity contribution in [2.45, 2.75) is 40.0 Å². The second-order valence-corrected chi connectivity index (χ2v) is 5.57. The third kappa shape index (κ3) is 2.75. The summed E-state index contributed by atoms with van der Waals surface area (Å²) in [6, 6.07) is 0. The first-order chi connectivity index (χ1) is 9.58. The van der Waals surface area contributed by atoms with Gasteiger partial charge >= 0.3 is 5.97 Å². The second-order valence-electron chi connectivity index (χ2n) is 4.57. The molecule has 0 amide bonds. The summed E-state index contributed by atoms with van der Waals surface area (Å²) in [6.45, 7) is 5.92. The Balaban J connectivity index is 2.50. The van der Waals surface area contributed by atoms with Crippen LogP contribution >= 0.6 is 11.3 Å². The maximum Gasteiger partial charge on any atom is 0.348 e. The minimum Gasteiger partial charge on any atom is -0.462 e. The Morgan fingerprint density at radius 3 is 2.80 bits per heavy atom. The van der Waals surface area contributed by atoms with Gasteiger partial charge < -0.3 is 9.72 Å². The Morgan fingerprint density at radius 1 is 1.40 bits per heavy atom. The largest absolute Gasteiger partial charge is 0.462 e. The number of aryl methyl sites for hydroxylation is 2. The number of hydrogen-bond acceptors (Lipinski definition) is 5. The van der Waals surface area contributed by atoms with Crippen LogP contribution in [0.5, 0.6) is 0 Å². The van der Waals surface area contributed by atoms with E-state index in [1.54, 1.807) is 13.8 Å². The molecule has 0 radical (unpaired) electrons. The Kier molecular flexibility index (Phi) is 4.54. The average Bonchev–Trinajstić information content (AvgIpc) is 2.74. The molecule has 2 rings (SSSR count). The van der Waals surface area contributed by atoms with Gasteiger partial charge in [-0.3, -0.25) is 4.79 Å². The summed E-state index contributed by atoms with van der Waals surface area (Å²) in [5, 5.41) is 0.498. The van der Waals surface area contributed by atoms with E-state index in [0.29, 0.717) is 33.1 Å². The van der Waals surface area contributed by atoms with E-state index >= 15 is 0 Å². The number of ether oxygens (including phenoxy) is 1. The Morgan fingerprint density at radius 2 is 2.15 bits per heavy atom. The van der Waals surface area contributed by atoms with Crippen LogP contribution < -0.4 is 5.56 Å². The molecule has 0 aromatic carbocycles. The Bertz CT molecular complexity index is 688. The number of carbonyl (C=O) groups is 1. The zero-order valence-electron chi connectivity index (χ0n) is 11.9. The van der Waals surface area contributed by atoms with Gasteiger partial charge in [0.25, 0.3) is 5.56 Å². The lowest BCUT2D eigenvalue weighted by Crippen LogP contribution is -2.12. The molecule has 2 aromatic rings. The van der Waals surface area contributed by atoms with Crippen molar-refractivity contribution in [3.05, 3.63) is 26.6 Å². The zero-order valence-corrected chi connectivity index (χ0v) is 12.7. The molecule has 0 spiro atoms. The first kappa shape index (κ1) is 14.7. The van der Waals surface area contributed by atoms with Crippen LogP contribution in [0.1, 0.15) is 47.7 Å². The minimum atomic E-state index is -0.387. The predicted octanol–water partition coefficient (Wildman–Crippen LogP) is 2.81. The van der Waals surface area contributed by atoms with Crippen LogP contribution in [0.4, 0.5) is 0 Å². The first-order valence-electron chi connectivity index (χ1n) is 6.77. The number of aromatic amines is 1. The van der Waals surface area contributed by atoms with E-state index in [4.69, 9.17) is 4.74 Å². The monoisotopic (exact) mass is 294 g/mol. The van der Waals surface area contributed by atoms with Crippen molar-refractivity contribution < 1.29 is 9.53 Å². The van der Waals surface area contributed by atoms with Gasteiger partial charge in [-0.05, 0) is 25.8 Å². The number of H-pyrrole nitrogens is 1. The van der Waals surface area contributed by atoms with E-state index in [1.807, 2.05) is 0 Å². The van der Waals surface area contributed by atoms with Gasteiger partial charge in [-0.15, -0.1) is 11.3 Å². The molecule has 20 heavy (non-hydrogen) atoms. The third-order valence-electron chi connectivity index (χ3n) is 3.08. The molecular formula is C14H18N2O3S. The normalized spacial score (nSPS) is 10.9. The number of rotatable bonds is 5. The van der Waals surface area contributed by atoms with Crippen molar-refractivity contribution >= 4 is 27.5 Å². The van der Waals surface area contributed by atoms with Gasteiger partial charge in [0.05, 0.1) is 12.0 Å². The molecule has 2 heterocycles. The van der Waals surface area contributed by atoms with Crippen LogP contribution in [0.25, 0.3) is 10.2 Å². The number of carbonyl (C=O) groups excluding carboxylic acids is 1. The van der Waals surface area contributed by atoms with E-state index in [1.165, 1.54) is 11.3 Å². The van der Waals surface area contributed by atoms with Crippen LogP contribution in [0, 0.1) is 6.92 Å². The number of esters is 1. The maximum atomic E-state index is 12.1. The van der Waals surface area contributed by atoms with Crippen LogP contribution in [0.3, 0.4) is 0 Å². The van der Waals surface area contributed by atoms with E-state index in [0.717, 1.165) is 19.3 Å². The molecule has 0 bridgehead atoms. The fourth-order valence-electron chi connectivity index (χ4n) is 2.04. The van der Waals surface area contributed by atoms with Crippen LogP contribution in [0.2, 0.25) is 0 Å². The summed E-state index contributed by atoms with van der Waals surface area (Å²) in [5.41, 5.74) is 0.477. The summed E-state index contributed by atoms with van der Waals surface area (Å²) < 4.78 is 5.00. The molecule has 1 N–H and O–H groups in total. The van der Waals surface area contributed by atoms with E-state index in [-0.39, 0.29) is 11.5 Å². The van der Waals surface area contributed by atoms with Crippen LogP contribution in [-0.2, 0) is 11.2 Å². The molecule has 0 saturated heterocycles.